The molecule has 3 saturated carbocycles. The molecule has 8 atom stereocenters. The minimum Gasteiger partial charge on any atom is -0.393 e. The SMILES string of the molecule is C/C=C(/CCC(C)C1CCC2C3=CCC4CC(O)CCC4(C)C3CCC21C)C(C)C. The molecule has 30 heavy (non-hydrogen) atoms. The van der Waals surface area contributed by atoms with Crippen LogP contribution in [0.1, 0.15) is 106 Å². The summed E-state index contributed by atoms with van der Waals surface area (Å²) in [6.45, 7) is 14.7. The normalized spacial score (nSPS) is 44.9. The van der Waals surface area contributed by atoms with E-state index in [2.05, 4.69) is 53.7 Å². The smallest absolute Gasteiger partial charge is 0.0543 e. The number of aliphatic hydroxyl groups is 1. The fourth-order valence-electron chi connectivity index (χ4n) is 8.83. The Morgan fingerprint density at radius 1 is 1.07 bits per heavy atom. The first-order valence-corrected chi connectivity index (χ1v) is 13.2. The topological polar surface area (TPSA) is 20.2 Å². The highest BCUT2D eigenvalue weighted by atomic mass is 16.3. The molecule has 4 aliphatic rings. The van der Waals surface area contributed by atoms with Crippen molar-refractivity contribution in [1.82, 2.24) is 0 Å². The molecular weight excluding hydrogens is 364 g/mol. The van der Waals surface area contributed by atoms with E-state index in [4.69, 9.17) is 0 Å². The molecule has 0 spiro atoms. The van der Waals surface area contributed by atoms with E-state index in [1.54, 1.807) is 5.57 Å². The van der Waals surface area contributed by atoms with Crippen molar-refractivity contribution < 1.29 is 5.11 Å². The molecule has 0 aliphatic heterocycles. The molecule has 0 amide bonds. The first kappa shape index (κ1) is 22.6. The van der Waals surface area contributed by atoms with Crippen molar-refractivity contribution >= 4 is 0 Å². The predicted molar refractivity (Wildman–Crippen MR) is 128 cm³/mol. The van der Waals surface area contributed by atoms with E-state index in [1.165, 1.54) is 51.4 Å². The maximum atomic E-state index is 10.3. The van der Waals surface area contributed by atoms with Gasteiger partial charge in [0.2, 0.25) is 0 Å². The molecule has 3 fully saturated rings. The van der Waals surface area contributed by atoms with Crippen LogP contribution in [0.3, 0.4) is 0 Å². The van der Waals surface area contributed by atoms with Crippen LogP contribution in [-0.4, -0.2) is 11.2 Å². The minimum absolute atomic E-state index is 0.0449. The highest BCUT2D eigenvalue weighted by Gasteiger charge is 2.58. The van der Waals surface area contributed by atoms with Crippen molar-refractivity contribution in [3.05, 3.63) is 23.3 Å². The summed E-state index contributed by atoms with van der Waals surface area (Å²) >= 11 is 0. The van der Waals surface area contributed by atoms with Crippen LogP contribution in [0.4, 0.5) is 0 Å². The van der Waals surface area contributed by atoms with Gasteiger partial charge in [-0.3, -0.25) is 0 Å². The van der Waals surface area contributed by atoms with E-state index in [0.29, 0.717) is 22.7 Å². The Balaban J connectivity index is 1.50. The van der Waals surface area contributed by atoms with E-state index in [1.807, 2.05) is 5.57 Å². The van der Waals surface area contributed by atoms with Gasteiger partial charge in [-0.1, -0.05) is 57.9 Å². The first-order valence-electron chi connectivity index (χ1n) is 13.2. The number of hydrogen-bond acceptors (Lipinski definition) is 1. The maximum Gasteiger partial charge on any atom is 0.0543 e. The summed E-state index contributed by atoms with van der Waals surface area (Å²) in [5.41, 5.74) is 4.49. The molecule has 0 aromatic heterocycles. The predicted octanol–water partition coefficient (Wildman–Crippen LogP) is 7.94. The van der Waals surface area contributed by atoms with E-state index in [0.717, 1.165) is 36.5 Å². The fourth-order valence-corrected chi connectivity index (χ4v) is 8.83. The second-order valence-electron chi connectivity index (χ2n) is 12.4. The monoisotopic (exact) mass is 412 g/mol. The molecule has 1 N–H and O–H groups in total. The van der Waals surface area contributed by atoms with Crippen molar-refractivity contribution in [2.24, 2.45) is 46.3 Å². The molecule has 1 nitrogen and oxygen atoms in total. The zero-order valence-electron chi connectivity index (χ0n) is 20.7. The summed E-state index contributed by atoms with van der Waals surface area (Å²) in [6, 6.07) is 0. The fraction of sp³-hybridized carbons (Fsp3) is 0.862. The van der Waals surface area contributed by atoms with Crippen LogP contribution >= 0.6 is 0 Å². The highest BCUT2D eigenvalue weighted by molar-refractivity contribution is 5.27. The third kappa shape index (κ3) is 3.66. The largest absolute Gasteiger partial charge is 0.393 e. The lowest BCUT2D eigenvalue weighted by Crippen LogP contribution is -2.49. The lowest BCUT2D eigenvalue weighted by Gasteiger charge is -2.57. The molecule has 0 radical (unpaired) electrons. The third-order valence-electron chi connectivity index (χ3n) is 10.8. The van der Waals surface area contributed by atoms with Crippen LogP contribution in [0.5, 0.6) is 0 Å². The Morgan fingerprint density at radius 2 is 1.77 bits per heavy atom. The van der Waals surface area contributed by atoms with Crippen LogP contribution in [0.25, 0.3) is 0 Å². The van der Waals surface area contributed by atoms with Gasteiger partial charge >= 0.3 is 0 Å². The molecule has 0 aromatic rings. The number of rotatable bonds is 5. The summed E-state index contributed by atoms with van der Waals surface area (Å²) in [7, 11) is 0. The average molecular weight is 413 g/mol. The summed E-state index contributed by atoms with van der Waals surface area (Å²) in [5.74, 6) is 4.77. The Labute approximate surface area is 186 Å². The molecule has 0 bridgehead atoms. The van der Waals surface area contributed by atoms with E-state index < -0.39 is 0 Å². The number of allylic oxidation sites excluding steroid dienone is 4. The second kappa shape index (κ2) is 8.42. The number of fused-ring (bicyclic) bond motifs is 5. The van der Waals surface area contributed by atoms with Crippen LogP contribution in [0.15, 0.2) is 23.3 Å². The van der Waals surface area contributed by atoms with Gasteiger partial charge in [0.05, 0.1) is 6.10 Å². The van der Waals surface area contributed by atoms with Crippen LogP contribution < -0.4 is 0 Å². The third-order valence-corrected chi connectivity index (χ3v) is 10.8. The number of aliphatic hydroxyl groups excluding tert-OH is 1. The molecule has 0 aromatic carbocycles. The highest BCUT2D eigenvalue weighted by Crippen LogP contribution is 2.67. The van der Waals surface area contributed by atoms with Crippen LogP contribution in [0, 0.1) is 46.3 Å². The molecule has 170 valence electrons. The Morgan fingerprint density at radius 3 is 2.47 bits per heavy atom. The van der Waals surface area contributed by atoms with Gasteiger partial charge in [0.1, 0.15) is 0 Å². The van der Waals surface area contributed by atoms with Gasteiger partial charge < -0.3 is 5.11 Å². The zero-order valence-corrected chi connectivity index (χ0v) is 20.7. The molecule has 4 aliphatic carbocycles. The first-order chi connectivity index (χ1) is 14.2. The van der Waals surface area contributed by atoms with E-state index in [9.17, 15) is 5.11 Å². The lowest BCUT2D eigenvalue weighted by molar-refractivity contribution is -0.0427. The van der Waals surface area contributed by atoms with Crippen molar-refractivity contribution in [2.45, 2.75) is 112 Å². The molecule has 4 rings (SSSR count). The van der Waals surface area contributed by atoms with Gasteiger partial charge in [-0.15, -0.1) is 0 Å². The minimum atomic E-state index is -0.0449. The zero-order chi connectivity index (χ0) is 21.7. The summed E-state index contributed by atoms with van der Waals surface area (Å²) < 4.78 is 0. The van der Waals surface area contributed by atoms with Gasteiger partial charge in [0.15, 0.2) is 0 Å². The Bertz CT molecular complexity index is 686. The van der Waals surface area contributed by atoms with Crippen molar-refractivity contribution in [1.29, 1.82) is 0 Å². The van der Waals surface area contributed by atoms with Crippen LogP contribution in [-0.2, 0) is 0 Å². The van der Waals surface area contributed by atoms with Gasteiger partial charge in [0, 0.05) is 0 Å². The van der Waals surface area contributed by atoms with Crippen molar-refractivity contribution in [3.63, 3.8) is 0 Å². The van der Waals surface area contributed by atoms with Crippen LogP contribution in [0.2, 0.25) is 0 Å². The van der Waals surface area contributed by atoms with Gasteiger partial charge in [0.25, 0.3) is 0 Å². The van der Waals surface area contributed by atoms with Gasteiger partial charge in [-0.25, -0.2) is 0 Å². The Hall–Kier alpha value is -0.560. The maximum absolute atomic E-state index is 10.3. The van der Waals surface area contributed by atoms with Gasteiger partial charge in [-0.05, 0) is 117 Å². The molecular formula is C29H48O. The van der Waals surface area contributed by atoms with E-state index >= 15 is 0 Å². The average Bonchev–Trinajstić information content (AvgIpc) is 3.06. The summed E-state index contributed by atoms with van der Waals surface area (Å²) in [6.07, 6.45) is 17.9. The molecule has 8 unspecified atom stereocenters. The molecule has 0 heterocycles. The Kier molecular flexibility index (Phi) is 6.35. The second-order valence-corrected chi connectivity index (χ2v) is 12.4. The van der Waals surface area contributed by atoms with E-state index in [-0.39, 0.29) is 6.10 Å². The van der Waals surface area contributed by atoms with Crippen molar-refractivity contribution in [2.75, 3.05) is 0 Å². The number of hydrogen-bond donors (Lipinski definition) is 1. The molecule has 1 heteroatoms. The van der Waals surface area contributed by atoms with Crippen molar-refractivity contribution in [3.8, 4) is 0 Å². The summed E-state index contributed by atoms with van der Waals surface area (Å²) in [4.78, 5) is 0. The quantitative estimate of drug-likeness (QED) is 0.454. The van der Waals surface area contributed by atoms with Gasteiger partial charge in [-0.2, -0.15) is 0 Å². The standard InChI is InChI=1S/C29H48O/c1-7-21(19(2)3)9-8-20(4)25-12-13-26-24-11-10-22-18-23(30)14-16-28(22,5)27(24)15-17-29(25,26)6/h7,11,19-20,22-23,25-27,30H,8-10,12-18H2,1-6H3/b21-7-. The lowest BCUT2D eigenvalue weighted by atomic mass is 9.47. The molecule has 0 saturated heterocycles. The summed E-state index contributed by atoms with van der Waals surface area (Å²) in [5, 5.41) is 10.3.